The summed E-state index contributed by atoms with van der Waals surface area (Å²) in [5.74, 6) is -0.472. The van der Waals surface area contributed by atoms with Crippen molar-refractivity contribution in [3.8, 4) is 22.4 Å². The average molecular weight is 563 g/mol. The number of nitrogens with one attached hydrogen (secondary N) is 1. The molecular formula is C35H35FN4O2. The molecule has 0 atom stereocenters. The molecule has 0 radical (unpaired) electrons. The number of carbonyl (C=O) groups excluding carboxylic acids is 1. The first-order chi connectivity index (χ1) is 20.6. The Balaban J connectivity index is 1.33. The lowest BCUT2D eigenvalue weighted by Gasteiger charge is -2.28. The fraction of sp³-hybridized carbons (Fsp3) is 0.286. The van der Waals surface area contributed by atoms with Crippen molar-refractivity contribution in [3.05, 3.63) is 102 Å². The first-order valence-electron chi connectivity index (χ1n) is 14.8. The van der Waals surface area contributed by atoms with E-state index in [2.05, 4.69) is 51.4 Å². The number of hydrogen-bond acceptors (Lipinski definition) is 5. The summed E-state index contributed by atoms with van der Waals surface area (Å²) < 4.78 is 19.8. The number of nitrogens with zero attached hydrogens (tertiary/aromatic N) is 3. The molecule has 214 valence electrons. The quantitative estimate of drug-likeness (QED) is 0.267. The molecule has 0 saturated carbocycles. The summed E-state index contributed by atoms with van der Waals surface area (Å²) in [7, 11) is 0. The summed E-state index contributed by atoms with van der Waals surface area (Å²) in [6.07, 6.45) is 10.1. The Kier molecular flexibility index (Phi) is 8.38. The highest BCUT2D eigenvalue weighted by Crippen LogP contribution is 2.35. The van der Waals surface area contributed by atoms with Gasteiger partial charge in [-0.2, -0.15) is 0 Å². The summed E-state index contributed by atoms with van der Waals surface area (Å²) in [6, 6.07) is 18.7. The lowest BCUT2D eigenvalue weighted by atomic mass is 9.85. The van der Waals surface area contributed by atoms with Crippen molar-refractivity contribution in [1.82, 2.24) is 9.97 Å². The maximum Gasteiger partial charge on any atom is 0.256 e. The zero-order chi connectivity index (χ0) is 28.9. The summed E-state index contributed by atoms with van der Waals surface area (Å²) in [5.41, 5.74) is 8.72. The zero-order valence-electron chi connectivity index (χ0n) is 23.9. The van der Waals surface area contributed by atoms with E-state index in [0.717, 1.165) is 78.7 Å². The second-order valence-corrected chi connectivity index (χ2v) is 10.8. The predicted molar refractivity (Wildman–Crippen MR) is 166 cm³/mol. The van der Waals surface area contributed by atoms with E-state index < -0.39 is 0 Å². The van der Waals surface area contributed by atoms with Crippen molar-refractivity contribution in [2.75, 3.05) is 36.5 Å². The van der Waals surface area contributed by atoms with Gasteiger partial charge in [0.05, 0.1) is 42.7 Å². The van der Waals surface area contributed by atoms with Gasteiger partial charge in [0.1, 0.15) is 5.82 Å². The number of benzene rings is 2. The molecule has 2 aliphatic rings. The van der Waals surface area contributed by atoms with Gasteiger partial charge in [0.15, 0.2) is 0 Å². The van der Waals surface area contributed by atoms with Crippen LogP contribution in [0.4, 0.5) is 15.8 Å². The highest BCUT2D eigenvalue weighted by molar-refractivity contribution is 6.26. The molecule has 2 aromatic heterocycles. The van der Waals surface area contributed by atoms with E-state index in [-0.39, 0.29) is 11.7 Å². The van der Waals surface area contributed by atoms with Crippen molar-refractivity contribution in [1.29, 1.82) is 0 Å². The molecule has 1 aliphatic carbocycles. The molecule has 42 heavy (non-hydrogen) atoms. The summed E-state index contributed by atoms with van der Waals surface area (Å²) in [6.45, 7) is 5.24. The number of allylic oxidation sites excluding steroid dienone is 1. The van der Waals surface area contributed by atoms with Crippen molar-refractivity contribution in [2.45, 2.75) is 39.0 Å². The Morgan fingerprint density at radius 3 is 2.55 bits per heavy atom. The number of rotatable bonds is 6. The van der Waals surface area contributed by atoms with Gasteiger partial charge in [-0.15, -0.1) is 0 Å². The molecular weight excluding hydrogens is 527 g/mol. The number of aryl methyl sites for hydroxylation is 1. The number of halogens is 1. The van der Waals surface area contributed by atoms with Crippen LogP contribution in [0.2, 0.25) is 0 Å². The maximum absolute atomic E-state index is 14.3. The monoisotopic (exact) mass is 562 g/mol. The molecule has 1 fully saturated rings. The molecule has 1 N–H and O–H groups in total. The fourth-order valence-corrected chi connectivity index (χ4v) is 5.88. The first kappa shape index (κ1) is 27.8. The number of aromatic nitrogens is 2. The maximum atomic E-state index is 14.3. The van der Waals surface area contributed by atoms with Crippen LogP contribution in [0.1, 0.15) is 43.7 Å². The third-order valence-electron chi connectivity index (χ3n) is 8.17. The number of morpholine rings is 1. The van der Waals surface area contributed by atoms with Crippen LogP contribution < -0.4 is 10.2 Å². The smallest absolute Gasteiger partial charge is 0.256 e. The van der Waals surface area contributed by atoms with E-state index in [1.54, 1.807) is 36.5 Å². The van der Waals surface area contributed by atoms with Crippen molar-refractivity contribution >= 4 is 22.9 Å². The highest BCUT2D eigenvalue weighted by Gasteiger charge is 2.23. The normalized spacial score (nSPS) is 15.5. The molecule has 6 rings (SSSR count). The number of ether oxygens (including phenoxy) is 1. The van der Waals surface area contributed by atoms with E-state index >= 15 is 0 Å². The Labute approximate surface area is 246 Å². The molecule has 2 aromatic carbocycles. The van der Waals surface area contributed by atoms with Crippen LogP contribution in [0.3, 0.4) is 0 Å². The van der Waals surface area contributed by atoms with Gasteiger partial charge in [-0.3, -0.25) is 14.8 Å². The van der Waals surface area contributed by atoms with Crippen LogP contribution in [-0.2, 0) is 16.0 Å². The van der Waals surface area contributed by atoms with Gasteiger partial charge in [0, 0.05) is 36.0 Å². The molecule has 1 amide bonds. The van der Waals surface area contributed by atoms with Crippen LogP contribution in [-0.4, -0.2) is 42.2 Å². The molecule has 4 aromatic rings. The number of fused-ring (bicyclic) bond motifs is 1. The Morgan fingerprint density at radius 2 is 1.76 bits per heavy atom. The Hall–Kier alpha value is -4.36. The average Bonchev–Trinajstić information content (AvgIpc) is 3.02. The van der Waals surface area contributed by atoms with E-state index in [1.165, 1.54) is 11.6 Å². The third kappa shape index (κ3) is 5.97. The van der Waals surface area contributed by atoms with Crippen molar-refractivity contribution in [2.24, 2.45) is 0 Å². The fourth-order valence-electron chi connectivity index (χ4n) is 5.88. The summed E-state index contributed by atoms with van der Waals surface area (Å²) in [5, 5.41) is 3.09. The van der Waals surface area contributed by atoms with Gasteiger partial charge < -0.3 is 15.0 Å². The number of hydrogen-bond donors (Lipinski definition) is 1. The number of anilines is 2. The van der Waals surface area contributed by atoms with E-state index in [9.17, 15) is 9.18 Å². The second kappa shape index (κ2) is 12.7. The van der Waals surface area contributed by atoms with E-state index in [0.29, 0.717) is 30.2 Å². The molecule has 1 aliphatic heterocycles. The lowest BCUT2D eigenvalue weighted by Crippen LogP contribution is -2.36. The highest BCUT2D eigenvalue weighted by atomic mass is 19.1. The van der Waals surface area contributed by atoms with Crippen LogP contribution in [0.15, 0.2) is 84.8 Å². The minimum atomic E-state index is -0.327. The second-order valence-electron chi connectivity index (χ2n) is 10.8. The number of carbonyl (C=O) groups is 1. The van der Waals surface area contributed by atoms with Crippen molar-refractivity contribution < 1.29 is 13.9 Å². The minimum Gasteiger partial charge on any atom is -0.378 e. The molecule has 3 heterocycles. The first-order valence-corrected chi connectivity index (χ1v) is 14.8. The SMILES string of the molecule is CCC1=C(C(=O)Nc2ccc(-c3ccccc3F)nc2)c2cc(-c3cncc(N4CCOCC4)c3)ccc2CCCC1. The zero-order valence-corrected chi connectivity index (χ0v) is 23.9. The molecule has 6 nitrogen and oxygen atoms in total. The van der Waals surface area contributed by atoms with Crippen LogP contribution in [0.5, 0.6) is 0 Å². The molecule has 7 heteroatoms. The summed E-state index contributed by atoms with van der Waals surface area (Å²) in [4.78, 5) is 25.3. The molecule has 0 unspecified atom stereocenters. The largest absolute Gasteiger partial charge is 0.378 e. The predicted octanol–water partition coefficient (Wildman–Crippen LogP) is 7.32. The number of amides is 1. The van der Waals surface area contributed by atoms with Gasteiger partial charge >= 0.3 is 0 Å². The minimum absolute atomic E-state index is 0.146. The van der Waals surface area contributed by atoms with E-state index in [1.807, 2.05) is 12.4 Å². The standard InChI is InChI=1S/C35H35FN4O2/c1-2-24-7-3-4-8-25-11-12-26(27-19-29(23-37-21-27)40-15-17-42-18-16-40)20-31(25)34(24)35(41)39-28-13-14-33(38-22-28)30-9-5-6-10-32(30)36/h5-6,9-14,19-23H,2-4,7-8,15-18H2,1H3,(H,39,41). The topological polar surface area (TPSA) is 67.4 Å². The molecule has 1 saturated heterocycles. The third-order valence-corrected chi connectivity index (χ3v) is 8.17. The Bertz CT molecular complexity index is 1610. The lowest BCUT2D eigenvalue weighted by molar-refractivity contribution is -0.111. The van der Waals surface area contributed by atoms with Gasteiger partial charge in [-0.05, 0) is 85.2 Å². The van der Waals surface area contributed by atoms with Gasteiger partial charge in [0.2, 0.25) is 0 Å². The Morgan fingerprint density at radius 1 is 0.929 bits per heavy atom. The number of pyridine rings is 2. The van der Waals surface area contributed by atoms with Gasteiger partial charge in [0.25, 0.3) is 5.91 Å². The van der Waals surface area contributed by atoms with Gasteiger partial charge in [-0.25, -0.2) is 4.39 Å². The van der Waals surface area contributed by atoms with Crippen LogP contribution >= 0.6 is 0 Å². The summed E-state index contributed by atoms with van der Waals surface area (Å²) >= 11 is 0. The molecule has 0 spiro atoms. The van der Waals surface area contributed by atoms with Gasteiger partial charge in [-0.1, -0.05) is 36.8 Å². The van der Waals surface area contributed by atoms with Crippen LogP contribution in [0, 0.1) is 5.82 Å². The molecule has 0 bridgehead atoms. The van der Waals surface area contributed by atoms with E-state index in [4.69, 9.17) is 4.74 Å². The van der Waals surface area contributed by atoms with Crippen molar-refractivity contribution in [3.63, 3.8) is 0 Å². The van der Waals surface area contributed by atoms with Crippen LogP contribution in [0.25, 0.3) is 28.0 Å².